The molecule has 30 heavy (non-hydrogen) atoms. The molecule has 1 aromatic heterocycles. The first-order valence-corrected chi connectivity index (χ1v) is 9.29. The van der Waals surface area contributed by atoms with Crippen LogP contribution in [0, 0.1) is 5.82 Å². The van der Waals surface area contributed by atoms with Gasteiger partial charge in [-0.3, -0.25) is 4.79 Å². The molecule has 154 valence electrons. The van der Waals surface area contributed by atoms with E-state index in [4.69, 9.17) is 0 Å². The van der Waals surface area contributed by atoms with Crippen LogP contribution >= 0.6 is 0 Å². The molecule has 2 heterocycles. The van der Waals surface area contributed by atoms with Crippen LogP contribution in [0.2, 0.25) is 0 Å². The van der Waals surface area contributed by atoms with Gasteiger partial charge in [-0.15, -0.1) is 0 Å². The number of alkyl halides is 3. The molecule has 0 spiro atoms. The summed E-state index contributed by atoms with van der Waals surface area (Å²) in [6, 6.07) is 11.6. The van der Waals surface area contributed by atoms with Gasteiger partial charge in [0.2, 0.25) is 0 Å². The summed E-state index contributed by atoms with van der Waals surface area (Å²) in [7, 11) is 0. The van der Waals surface area contributed by atoms with Crippen molar-refractivity contribution in [2.75, 3.05) is 17.2 Å². The van der Waals surface area contributed by atoms with Crippen molar-refractivity contribution in [2.45, 2.75) is 19.0 Å². The van der Waals surface area contributed by atoms with Crippen molar-refractivity contribution in [3.05, 3.63) is 88.4 Å². The number of anilines is 2. The molecule has 0 saturated heterocycles. The SMILES string of the molecule is O=C(Nc1cc(Cc2ccc(F)c(C(F)(F)F)c2)ccn1)c1cccc2c1CCN2. The molecule has 1 aliphatic heterocycles. The zero-order valence-corrected chi connectivity index (χ0v) is 15.7. The second kappa shape index (κ2) is 7.78. The lowest BCUT2D eigenvalue weighted by Crippen LogP contribution is -2.15. The molecule has 2 N–H and O–H groups in total. The van der Waals surface area contributed by atoms with Crippen molar-refractivity contribution >= 4 is 17.4 Å². The Balaban J connectivity index is 1.53. The van der Waals surface area contributed by atoms with Gasteiger partial charge < -0.3 is 10.6 Å². The van der Waals surface area contributed by atoms with Crippen LogP contribution in [-0.4, -0.2) is 17.4 Å². The average Bonchev–Trinajstić information content (AvgIpc) is 3.17. The van der Waals surface area contributed by atoms with Crippen molar-refractivity contribution < 1.29 is 22.4 Å². The molecule has 0 aliphatic carbocycles. The molecule has 0 unspecified atom stereocenters. The third kappa shape index (κ3) is 4.12. The molecule has 8 heteroatoms. The van der Waals surface area contributed by atoms with Gasteiger partial charge >= 0.3 is 6.18 Å². The second-order valence-corrected chi connectivity index (χ2v) is 7.00. The number of fused-ring (bicyclic) bond motifs is 1. The van der Waals surface area contributed by atoms with Gasteiger partial charge in [-0.2, -0.15) is 13.2 Å². The Morgan fingerprint density at radius 1 is 1.10 bits per heavy atom. The average molecular weight is 415 g/mol. The standard InChI is InChI=1S/C22H17F4N3O/c23-18-5-4-13(11-17(18)22(24,25)26)10-14-6-8-28-20(12-14)29-21(30)16-2-1-3-19-15(16)7-9-27-19/h1-6,8,11-12,27H,7,9-10H2,(H,28,29,30). The van der Waals surface area contributed by atoms with E-state index in [1.54, 1.807) is 24.3 Å². The summed E-state index contributed by atoms with van der Waals surface area (Å²) in [4.78, 5) is 16.8. The van der Waals surface area contributed by atoms with Crippen molar-refractivity contribution in [2.24, 2.45) is 0 Å². The maximum Gasteiger partial charge on any atom is 0.419 e. The number of nitrogens with one attached hydrogen (secondary N) is 2. The second-order valence-electron chi connectivity index (χ2n) is 7.00. The molecule has 1 amide bonds. The molecule has 0 bridgehead atoms. The molecule has 1 aliphatic rings. The van der Waals surface area contributed by atoms with E-state index in [0.717, 1.165) is 36.3 Å². The van der Waals surface area contributed by atoms with Crippen LogP contribution in [0.25, 0.3) is 0 Å². The van der Waals surface area contributed by atoms with E-state index >= 15 is 0 Å². The van der Waals surface area contributed by atoms with E-state index in [9.17, 15) is 22.4 Å². The van der Waals surface area contributed by atoms with Crippen LogP contribution in [0.5, 0.6) is 0 Å². The van der Waals surface area contributed by atoms with E-state index in [1.807, 2.05) is 6.07 Å². The van der Waals surface area contributed by atoms with Crippen molar-refractivity contribution in [3.63, 3.8) is 0 Å². The van der Waals surface area contributed by atoms with Gasteiger partial charge in [0, 0.05) is 24.0 Å². The molecule has 3 aromatic rings. The van der Waals surface area contributed by atoms with Crippen LogP contribution < -0.4 is 10.6 Å². The zero-order valence-electron chi connectivity index (χ0n) is 15.7. The highest BCUT2D eigenvalue weighted by Crippen LogP contribution is 2.32. The molecule has 4 rings (SSSR count). The van der Waals surface area contributed by atoms with Gasteiger partial charge in [0.15, 0.2) is 0 Å². The normalized spacial score (nSPS) is 12.9. The molecule has 0 radical (unpaired) electrons. The van der Waals surface area contributed by atoms with Crippen LogP contribution in [0.3, 0.4) is 0 Å². The minimum Gasteiger partial charge on any atom is -0.384 e. The number of hydrogen-bond acceptors (Lipinski definition) is 3. The topological polar surface area (TPSA) is 54.0 Å². The molecule has 0 atom stereocenters. The van der Waals surface area contributed by atoms with Gasteiger partial charge in [-0.25, -0.2) is 9.37 Å². The van der Waals surface area contributed by atoms with Crippen molar-refractivity contribution in [1.29, 1.82) is 0 Å². The van der Waals surface area contributed by atoms with E-state index in [2.05, 4.69) is 15.6 Å². The summed E-state index contributed by atoms with van der Waals surface area (Å²) in [5, 5.41) is 5.95. The van der Waals surface area contributed by atoms with Crippen LogP contribution in [-0.2, 0) is 19.0 Å². The first-order valence-electron chi connectivity index (χ1n) is 9.29. The number of carbonyl (C=O) groups is 1. The number of hydrogen-bond donors (Lipinski definition) is 2. The van der Waals surface area contributed by atoms with Gasteiger partial charge in [-0.1, -0.05) is 12.1 Å². The van der Waals surface area contributed by atoms with Crippen LogP contribution in [0.4, 0.5) is 29.1 Å². The molecular formula is C22H17F4N3O. The Kier molecular flexibility index (Phi) is 5.15. The predicted octanol–water partition coefficient (Wildman–Crippen LogP) is 5.05. The Morgan fingerprint density at radius 3 is 2.70 bits per heavy atom. The first-order chi connectivity index (χ1) is 14.3. The fourth-order valence-corrected chi connectivity index (χ4v) is 3.53. The maximum absolute atomic E-state index is 13.5. The van der Waals surface area contributed by atoms with Crippen LogP contribution in [0.15, 0.2) is 54.7 Å². The van der Waals surface area contributed by atoms with Gasteiger partial charge in [0.1, 0.15) is 11.6 Å². The fourth-order valence-electron chi connectivity index (χ4n) is 3.53. The number of benzene rings is 2. The Bertz CT molecular complexity index is 1110. The summed E-state index contributed by atoms with van der Waals surface area (Å²) < 4.78 is 52.3. The zero-order chi connectivity index (χ0) is 21.3. The van der Waals surface area contributed by atoms with Crippen molar-refractivity contribution in [3.8, 4) is 0 Å². The summed E-state index contributed by atoms with van der Waals surface area (Å²) in [5.41, 5.74) is 2.07. The van der Waals surface area contributed by atoms with E-state index in [0.29, 0.717) is 22.5 Å². The highest BCUT2D eigenvalue weighted by molar-refractivity contribution is 6.06. The molecule has 4 nitrogen and oxygen atoms in total. The van der Waals surface area contributed by atoms with E-state index in [1.165, 1.54) is 12.3 Å². The number of aromatic nitrogens is 1. The predicted molar refractivity (Wildman–Crippen MR) is 105 cm³/mol. The smallest absolute Gasteiger partial charge is 0.384 e. The van der Waals surface area contributed by atoms with Crippen LogP contribution in [0.1, 0.15) is 32.6 Å². The molecule has 2 aromatic carbocycles. The number of halogens is 4. The molecule has 0 saturated carbocycles. The number of pyridine rings is 1. The lowest BCUT2D eigenvalue weighted by molar-refractivity contribution is -0.140. The largest absolute Gasteiger partial charge is 0.419 e. The summed E-state index contributed by atoms with van der Waals surface area (Å²) in [6.45, 7) is 0.769. The van der Waals surface area contributed by atoms with Gasteiger partial charge in [-0.05, 0) is 65.9 Å². The quantitative estimate of drug-likeness (QED) is 0.587. The summed E-state index contributed by atoms with van der Waals surface area (Å²) >= 11 is 0. The maximum atomic E-state index is 13.5. The molecule has 0 fully saturated rings. The summed E-state index contributed by atoms with van der Waals surface area (Å²) in [6.07, 6.45) is -2.41. The highest BCUT2D eigenvalue weighted by Gasteiger charge is 2.34. The van der Waals surface area contributed by atoms with E-state index in [-0.39, 0.29) is 12.3 Å². The Labute approximate surface area is 170 Å². The van der Waals surface area contributed by atoms with Crippen molar-refractivity contribution in [1.82, 2.24) is 4.98 Å². The van der Waals surface area contributed by atoms with E-state index < -0.39 is 17.6 Å². The van der Waals surface area contributed by atoms with Gasteiger partial charge in [0.25, 0.3) is 5.91 Å². The Morgan fingerprint density at radius 2 is 1.90 bits per heavy atom. The highest BCUT2D eigenvalue weighted by atomic mass is 19.4. The molecular weight excluding hydrogens is 398 g/mol. The fraction of sp³-hybridized carbons (Fsp3) is 0.182. The minimum absolute atomic E-state index is 0.138. The lowest BCUT2D eigenvalue weighted by atomic mass is 10.0. The monoisotopic (exact) mass is 415 g/mol. The minimum atomic E-state index is -4.76. The Hall–Kier alpha value is -3.42. The number of rotatable bonds is 4. The third-order valence-electron chi connectivity index (χ3n) is 4.92. The number of nitrogens with zero attached hydrogens (tertiary/aromatic N) is 1. The summed E-state index contributed by atoms with van der Waals surface area (Å²) in [5.74, 6) is -1.32. The third-order valence-corrected chi connectivity index (χ3v) is 4.92. The number of carbonyl (C=O) groups excluding carboxylic acids is 1. The lowest BCUT2D eigenvalue weighted by Gasteiger charge is -2.11. The van der Waals surface area contributed by atoms with Gasteiger partial charge in [0.05, 0.1) is 5.56 Å². The number of amides is 1. The first kappa shape index (κ1) is 19.9.